The Morgan fingerprint density at radius 2 is 2.23 bits per heavy atom. The number of nitrogens with zero attached hydrogens (tertiary/aromatic N) is 4. The molecule has 0 atom stereocenters. The van der Waals surface area contributed by atoms with E-state index in [1.807, 2.05) is 43.8 Å². The van der Waals surface area contributed by atoms with Crippen LogP contribution in [0.1, 0.15) is 27.3 Å². The number of hydrogen-bond acceptors (Lipinski definition) is 6. The van der Waals surface area contributed by atoms with Gasteiger partial charge < -0.3 is 19.6 Å². The Morgan fingerprint density at radius 3 is 2.85 bits per heavy atom. The van der Waals surface area contributed by atoms with E-state index in [0.29, 0.717) is 19.7 Å². The number of fused-ring (bicyclic) bond motifs is 3. The Morgan fingerprint density at radius 1 is 1.46 bits per heavy atom. The van der Waals surface area contributed by atoms with E-state index in [1.54, 1.807) is 11.2 Å². The second kappa shape index (κ2) is 9.23. The van der Waals surface area contributed by atoms with Gasteiger partial charge in [0.05, 0.1) is 48.7 Å². The Hall–Kier alpha value is -2.55. The molecule has 140 valence electrons. The molecule has 8 heteroatoms. The van der Waals surface area contributed by atoms with Crippen LogP contribution in [-0.2, 0) is 17.9 Å². The van der Waals surface area contributed by atoms with Gasteiger partial charge in [-0.25, -0.2) is 10.9 Å². The van der Waals surface area contributed by atoms with Crippen LogP contribution in [-0.4, -0.2) is 54.3 Å². The molecule has 1 aromatic carbocycles. The fourth-order valence-corrected chi connectivity index (χ4v) is 2.80. The Balaban J connectivity index is 0.000000352. The van der Waals surface area contributed by atoms with Gasteiger partial charge in [0.15, 0.2) is 0 Å². The summed E-state index contributed by atoms with van der Waals surface area (Å²) in [6, 6.07) is 5.87. The van der Waals surface area contributed by atoms with Crippen LogP contribution in [0.4, 0.5) is 0 Å². The molecule has 26 heavy (non-hydrogen) atoms. The van der Waals surface area contributed by atoms with Crippen molar-refractivity contribution in [3.8, 4) is 5.69 Å². The quantitative estimate of drug-likeness (QED) is 0.473. The Labute approximate surface area is 153 Å². The van der Waals surface area contributed by atoms with Gasteiger partial charge >= 0.3 is 0 Å². The highest BCUT2D eigenvalue weighted by molar-refractivity contribution is 5.99. The summed E-state index contributed by atoms with van der Waals surface area (Å²) in [6.07, 6.45) is 1.76. The molecule has 0 fully saturated rings. The Kier molecular flexibility index (Phi) is 7.02. The molecule has 0 radical (unpaired) electrons. The summed E-state index contributed by atoms with van der Waals surface area (Å²) in [7, 11) is 3.66. The standard InChI is InChI=1S/C15H16N4O.C3H10N2O/c1-10-5-4-6-12-14(10)15(20)18(3)8-13-11(7-16-2)17-9-19(12)13;1-5-2-3-6-4/h4-6,9H,2,7-8H2,1,3H3;5H,2-4H2,1H3. The van der Waals surface area contributed by atoms with Crippen molar-refractivity contribution in [1.29, 1.82) is 0 Å². The molecule has 1 aliphatic heterocycles. The topological polar surface area (TPSA) is 97.8 Å². The van der Waals surface area contributed by atoms with Crippen LogP contribution >= 0.6 is 0 Å². The number of benzene rings is 1. The van der Waals surface area contributed by atoms with E-state index < -0.39 is 0 Å². The number of nitrogens with one attached hydrogen (secondary N) is 1. The number of likely N-dealkylation sites (N-methyl/N-ethyl adjacent to an activating group) is 1. The lowest BCUT2D eigenvalue weighted by molar-refractivity contribution is 0.0787. The van der Waals surface area contributed by atoms with Gasteiger partial charge in [0.2, 0.25) is 0 Å². The first-order chi connectivity index (χ1) is 12.5. The summed E-state index contributed by atoms with van der Waals surface area (Å²) in [5.41, 5.74) is 4.47. The first-order valence-corrected chi connectivity index (χ1v) is 8.34. The second-order valence-corrected chi connectivity index (χ2v) is 5.99. The molecule has 0 bridgehead atoms. The average Bonchev–Trinajstić information content (AvgIpc) is 2.97. The molecule has 1 amide bonds. The van der Waals surface area contributed by atoms with Crippen molar-refractivity contribution in [3.63, 3.8) is 0 Å². The number of aromatic nitrogens is 2. The number of imidazole rings is 1. The minimum absolute atomic E-state index is 0.0410. The Bertz CT molecular complexity index is 767. The lowest BCUT2D eigenvalue weighted by Crippen LogP contribution is -2.26. The molecule has 2 heterocycles. The van der Waals surface area contributed by atoms with Crippen LogP contribution in [0.5, 0.6) is 0 Å². The molecule has 0 saturated carbocycles. The van der Waals surface area contributed by atoms with Crippen LogP contribution in [0.2, 0.25) is 0 Å². The SMILES string of the molecule is C=NCc1ncn2c1CN(C)C(=O)c1c(C)cccc1-2.CNCCON. The molecule has 1 aliphatic rings. The molecule has 0 spiro atoms. The summed E-state index contributed by atoms with van der Waals surface area (Å²) in [5.74, 6) is 4.72. The molecule has 3 rings (SSSR count). The first-order valence-electron chi connectivity index (χ1n) is 8.34. The van der Waals surface area contributed by atoms with Crippen LogP contribution in [0.25, 0.3) is 5.69 Å². The smallest absolute Gasteiger partial charge is 0.256 e. The van der Waals surface area contributed by atoms with E-state index >= 15 is 0 Å². The van der Waals surface area contributed by atoms with E-state index in [0.717, 1.165) is 34.7 Å². The fraction of sp³-hybridized carbons (Fsp3) is 0.389. The second-order valence-electron chi connectivity index (χ2n) is 5.99. The zero-order chi connectivity index (χ0) is 19.1. The van der Waals surface area contributed by atoms with Crippen molar-refractivity contribution < 1.29 is 9.63 Å². The lowest BCUT2D eigenvalue weighted by atomic mass is 10.1. The number of carbonyl (C=O) groups excluding carboxylic acids is 1. The number of amides is 1. The zero-order valence-corrected chi connectivity index (χ0v) is 15.5. The number of hydrogen-bond donors (Lipinski definition) is 2. The third-order valence-corrected chi connectivity index (χ3v) is 4.14. The predicted octanol–water partition coefficient (Wildman–Crippen LogP) is 1.06. The van der Waals surface area contributed by atoms with Crippen molar-refractivity contribution in [3.05, 3.63) is 47.0 Å². The molecular formula is C18H26N6O2. The van der Waals surface area contributed by atoms with Gasteiger partial charge in [-0.1, -0.05) is 12.1 Å². The third kappa shape index (κ3) is 4.16. The fourth-order valence-electron chi connectivity index (χ4n) is 2.80. The van der Waals surface area contributed by atoms with Crippen molar-refractivity contribution >= 4 is 12.6 Å². The number of aryl methyl sites for hydroxylation is 1. The van der Waals surface area contributed by atoms with Crippen molar-refractivity contribution in [2.45, 2.75) is 20.0 Å². The predicted molar refractivity (Wildman–Crippen MR) is 101 cm³/mol. The normalized spacial score (nSPS) is 12.6. The molecule has 3 N–H and O–H groups in total. The maximum Gasteiger partial charge on any atom is 0.256 e. The highest BCUT2D eigenvalue weighted by Crippen LogP contribution is 2.27. The van der Waals surface area contributed by atoms with Gasteiger partial charge in [-0.2, -0.15) is 0 Å². The lowest BCUT2D eigenvalue weighted by Gasteiger charge is -2.15. The molecule has 2 aromatic rings. The van der Waals surface area contributed by atoms with Crippen molar-refractivity contribution in [2.75, 3.05) is 27.2 Å². The van der Waals surface area contributed by atoms with Crippen molar-refractivity contribution in [1.82, 2.24) is 19.8 Å². The minimum atomic E-state index is 0.0410. The molecule has 8 nitrogen and oxygen atoms in total. The summed E-state index contributed by atoms with van der Waals surface area (Å²) >= 11 is 0. The van der Waals surface area contributed by atoms with Crippen LogP contribution in [0.15, 0.2) is 29.5 Å². The molecule has 0 unspecified atom stereocenters. The maximum atomic E-state index is 12.5. The van der Waals surface area contributed by atoms with Gasteiger partial charge in [0.25, 0.3) is 5.91 Å². The van der Waals surface area contributed by atoms with Crippen molar-refractivity contribution in [2.24, 2.45) is 10.9 Å². The number of rotatable bonds is 5. The van der Waals surface area contributed by atoms with Crippen LogP contribution in [0, 0.1) is 6.92 Å². The summed E-state index contributed by atoms with van der Waals surface area (Å²) in [6.45, 7) is 7.86. The van der Waals surface area contributed by atoms with E-state index in [-0.39, 0.29) is 5.91 Å². The monoisotopic (exact) mass is 358 g/mol. The summed E-state index contributed by atoms with van der Waals surface area (Å²) in [5, 5.41) is 2.86. The molecular weight excluding hydrogens is 332 g/mol. The first kappa shape index (κ1) is 19.8. The molecule has 0 saturated heterocycles. The third-order valence-electron chi connectivity index (χ3n) is 4.14. The van der Waals surface area contributed by atoms with E-state index in [4.69, 9.17) is 0 Å². The summed E-state index contributed by atoms with van der Waals surface area (Å²) < 4.78 is 1.99. The summed E-state index contributed by atoms with van der Waals surface area (Å²) in [4.78, 5) is 26.8. The largest absolute Gasteiger partial charge is 0.336 e. The van der Waals surface area contributed by atoms with Gasteiger partial charge in [0, 0.05) is 13.6 Å². The number of carbonyl (C=O) groups is 1. The number of aliphatic imine (C=N–C) groups is 1. The average molecular weight is 358 g/mol. The van der Waals surface area contributed by atoms with E-state index in [2.05, 4.69) is 32.7 Å². The molecule has 0 aliphatic carbocycles. The minimum Gasteiger partial charge on any atom is -0.336 e. The zero-order valence-electron chi connectivity index (χ0n) is 15.5. The van der Waals surface area contributed by atoms with Gasteiger partial charge in [-0.05, 0) is 32.3 Å². The van der Waals surface area contributed by atoms with Gasteiger partial charge in [-0.3, -0.25) is 9.79 Å². The van der Waals surface area contributed by atoms with Gasteiger partial charge in [0.1, 0.15) is 0 Å². The highest BCUT2D eigenvalue weighted by Gasteiger charge is 2.26. The number of nitrogens with two attached hydrogens (primary N) is 1. The highest BCUT2D eigenvalue weighted by atomic mass is 16.6. The van der Waals surface area contributed by atoms with E-state index in [9.17, 15) is 4.79 Å². The van der Waals surface area contributed by atoms with Gasteiger partial charge in [-0.15, -0.1) is 0 Å². The van der Waals surface area contributed by atoms with Crippen LogP contribution in [0.3, 0.4) is 0 Å². The van der Waals surface area contributed by atoms with Crippen LogP contribution < -0.4 is 11.2 Å². The van der Waals surface area contributed by atoms with E-state index in [1.165, 1.54) is 0 Å². The molecule has 1 aromatic heterocycles. The maximum absolute atomic E-state index is 12.5.